The molecule has 1 rings (SSSR count). The third-order valence-electron chi connectivity index (χ3n) is 2.70. The highest BCUT2D eigenvalue weighted by molar-refractivity contribution is 7.99. The van der Waals surface area contributed by atoms with Crippen LogP contribution in [0.3, 0.4) is 0 Å². The molecule has 0 aromatic rings. The summed E-state index contributed by atoms with van der Waals surface area (Å²) in [6.07, 6.45) is 0. The van der Waals surface area contributed by atoms with Crippen LogP contribution in [0.2, 0.25) is 0 Å². The summed E-state index contributed by atoms with van der Waals surface area (Å²) in [5, 5.41) is 0. The molecule has 3 heteroatoms. The van der Waals surface area contributed by atoms with Crippen LogP contribution in [0.4, 0.5) is 0 Å². The maximum Gasteiger partial charge on any atom is 0.0219 e. The summed E-state index contributed by atoms with van der Waals surface area (Å²) in [6, 6.07) is 1.51. The van der Waals surface area contributed by atoms with Crippen LogP contribution in [0.25, 0.3) is 0 Å². The fourth-order valence-corrected chi connectivity index (χ4v) is 2.69. The number of nitrogens with zero attached hydrogens (tertiary/aromatic N) is 1. The fraction of sp³-hybridized carbons (Fsp3) is 1.00. The van der Waals surface area contributed by atoms with Gasteiger partial charge in [0.1, 0.15) is 0 Å². The Labute approximate surface area is 79.9 Å². The van der Waals surface area contributed by atoms with E-state index in [-0.39, 0.29) is 6.04 Å². The molecule has 0 aliphatic carbocycles. The number of hydrogen-bond acceptors (Lipinski definition) is 3. The summed E-state index contributed by atoms with van der Waals surface area (Å²) in [7, 11) is 0. The summed E-state index contributed by atoms with van der Waals surface area (Å²) < 4.78 is 0. The summed E-state index contributed by atoms with van der Waals surface area (Å²) in [4.78, 5) is 2.53. The Kier molecular flexibility index (Phi) is 3.87. The first kappa shape index (κ1) is 10.4. The van der Waals surface area contributed by atoms with Gasteiger partial charge in [-0.25, -0.2) is 0 Å². The molecule has 0 aromatic heterocycles. The summed E-state index contributed by atoms with van der Waals surface area (Å²) in [6.45, 7) is 7.83. The van der Waals surface area contributed by atoms with Crippen molar-refractivity contribution in [2.75, 3.05) is 18.1 Å². The number of hydrogen-bond donors (Lipinski definition) is 1. The fourth-order valence-electron chi connectivity index (χ4n) is 1.65. The maximum atomic E-state index is 5.88. The minimum atomic E-state index is 0.288. The van der Waals surface area contributed by atoms with Gasteiger partial charge in [-0.2, -0.15) is 11.8 Å². The predicted molar refractivity (Wildman–Crippen MR) is 56.6 cm³/mol. The molecule has 1 fully saturated rings. The minimum absolute atomic E-state index is 0.288. The highest BCUT2D eigenvalue weighted by Crippen LogP contribution is 2.19. The first-order chi connectivity index (χ1) is 5.63. The van der Waals surface area contributed by atoms with Crippen molar-refractivity contribution < 1.29 is 0 Å². The van der Waals surface area contributed by atoms with Crippen molar-refractivity contribution in [2.45, 2.75) is 38.9 Å². The van der Waals surface area contributed by atoms with Crippen molar-refractivity contribution in [3.05, 3.63) is 0 Å². The van der Waals surface area contributed by atoms with Crippen LogP contribution >= 0.6 is 11.8 Å². The van der Waals surface area contributed by atoms with Crippen LogP contribution in [0.15, 0.2) is 0 Å². The van der Waals surface area contributed by atoms with Crippen LogP contribution < -0.4 is 5.73 Å². The lowest BCUT2D eigenvalue weighted by molar-refractivity contribution is 0.155. The van der Waals surface area contributed by atoms with E-state index in [0.717, 1.165) is 0 Å². The van der Waals surface area contributed by atoms with Crippen molar-refractivity contribution >= 4 is 11.8 Å². The second-order valence-corrected chi connectivity index (χ2v) is 4.91. The smallest absolute Gasteiger partial charge is 0.0219 e. The average molecular weight is 188 g/mol. The third kappa shape index (κ3) is 2.38. The first-order valence-electron chi connectivity index (χ1n) is 4.72. The molecule has 3 atom stereocenters. The van der Waals surface area contributed by atoms with Gasteiger partial charge < -0.3 is 5.73 Å². The molecule has 1 aliphatic heterocycles. The van der Waals surface area contributed by atoms with Gasteiger partial charge in [-0.05, 0) is 20.8 Å². The molecule has 0 bridgehead atoms. The van der Waals surface area contributed by atoms with Crippen molar-refractivity contribution in [1.29, 1.82) is 0 Å². The second kappa shape index (κ2) is 4.49. The van der Waals surface area contributed by atoms with Crippen molar-refractivity contribution in [2.24, 2.45) is 5.73 Å². The molecule has 1 aliphatic rings. The molecule has 2 N–H and O–H groups in total. The molecule has 0 spiro atoms. The molecule has 72 valence electrons. The van der Waals surface area contributed by atoms with Crippen molar-refractivity contribution in [1.82, 2.24) is 4.90 Å². The number of nitrogens with two attached hydrogens (primary N) is 1. The average Bonchev–Trinajstić information content (AvgIpc) is 2.04. The Bertz CT molecular complexity index is 138. The molecule has 0 radical (unpaired) electrons. The minimum Gasteiger partial charge on any atom is -0.327 e. The molecular weight excluding hydrogens is 168 g/mol. The molecule has 1 saturated heterocycles. The van der Waals surface area contributed by atoms with Crippen LogP contribution in [0, 0.1) is 0 Å². The van der Waals surface area contributed by atoms with E-state index in [0.29, 0.717) is 12.1 Å². The molecule has 1 heterocycles. The first-order valence-corrected chi connectivity index (χ1v) is 5.87. The van der Waals surface area contributed by atoms with Crippen LogP contribution in [-0.4, -0.2) is 41.1 Å². The predicted octanol–water partition coefficient (Wildman–Crippen LogP) is 1.16. The Hall–Kier alpha value is 0.270. The highest BCUT2D eigenvalue weighted by Gasteiger charge is 2.24. The topological polar surface area (TPSA) is 29.3 Å². The van der Waals surface area contributed by atoms with E-state index in [4.69, 9.17) is 5.73 Å². The van der Waals surface area contributed by atoms with Crippen LogP contribution in [0.5, 0.6) is 0 Å². The quantitative estimate of drug-likeness (QED) is 0.705. The Morgan fingerprint density at radius 1 is 1.50 bits per heavy atom. The van der Waals surface area contributed by atoms with Crippen molar-refractivity contribution in [3.8, 4) is 0 Å². The van der Waals surface area contributed by atoms with E-state index in [1.807, 2.05) is 0 Å². The number of thioether (sulfide) groups is 1. The summed E-state index contributed by atoms with van der Waals surface area (Å²) in [5.74, 6) is 2.53. The van der Waals surface area contributed by atoms with Gasteiger partial charge in [0.25, 0.3) is 0 Å². The van der Waals surface area contributed by atoms with Crippen molar-refractivity contribution in [3.63, 3.8) is 0 Å². The lowest BCUT2D eigenvalue weighted by atomic mass is 10.1. The van der Waals surface area contributed by atoms with Gasteiger partial charge in [0, 0.05) is 36.2 Å². The van der Waals surface area contributed by atoms with Gasteiger partial charge in [0.2, 0.25) is 0 Å². The molecule has 12 heavy (non-hydrogen) atoms. The molecular formula is C9H20N2S. The molecule has 0 amide bonds. The van der Waals surface area contributed by atoms with Gasteiger partial charge in [0.05, 0.1) is 0 Å². The van der Waals surface area contributed by atoms with Gasteiger partial charge >= 0.3 is 0 Å². The molecule has 3 unspecified atom stereocenters. The standard InChI is InChI=1S/C9H20N2S/c1-7-6-12-5-4-11(7)9(3)8(2)10/h7-9H,4-6,10H2,1-3H3. The monoisotopic (exact) mass is 188 g/mol. The number of rotatable bonds is 2. The van der Waals surface area contributed by atoms with Gasteiger partial charge in [-0.15, -0.1) is 0 Å². The molecule has 0 aromatic carbocycles. The SMILES string of the molecule is CC(N)C(C)N1CCSCC1C. The van der Waals surface area contributed by atoms with E-state index < -0.39 is 0 Å². The third-order valence-corrected chi connectivity index (χ3v) is 3.89. The zero-order chi connectivity index (χ0) is 9.14. The largest absolute Gasteiger partial charge is 0.327 e. The lowest BCUT2D eigenvalue weighted by Crippen LogP contribution is -2.52. The van der Waals surface area contributed by atoms with E-state index in [1.165, 1.54) is 18.1 Å². The van der Waals surface area contributed by atoms with Gasteiger partial charge in [-0.1, -0.05) is 0 Å². The second-order valence-electron chi connectivity index (χ2n) is 3.76. The van der Waals surface area contributed by atoms with E-state index in [1.54, 1.807) is 0 Å². The Morgan fingerprint density at radius 2 is 2.17 bits per heavy atom. The maximum absolute atomic E-state index is 5.88. The lowest BCUT2D eigenvalue weighted by Gasteiger charge is -2.39. The van der Waals surface area contributed by atoms with E-state index in [2.05, 4.69) is 37.4 Å². The molecule has 0 saturated carbocycles. The van der Waals surface area contributed by atoms with Crippen LogP contribution in [0.1, 0.15) is 20.8 Å². The highest BCUT2D eigenvalue weighted by atomic mass is 32.2. The zero-order valence-corrected chi connectivity index (χ0v) is 9.10. The van der Waals surface area contributed by atoms with E-state index in [9.17, 15) is 0 Å². The van der Waals surface area contributed by atoms with Gasteiger partial charge in [0.15, 0.2) is 0 Å². The molecule has 2 nitrogen and oxygen atoms in total. The van der Waals surface area contributed by atoms with Gasteiger partial charge in [-0.3, -0.25) is 4.90 Å². The Balaban J connectivity index is 2.47. The summed E-state index contributed by atoms with van der Waals surface area (Å²) in [5.41, 5.74) is 5.88. The summed E-state index contributed by atoms with van der Waals surface area (Å²) >= 11 is 2.05. The van der Waals surface area contributed by atoms with Crippen LogP contribution in [-0.2, 0) is 0 Å². The van der Waals surface area contributed by atoms with E-state index >= 15 is 0 Å². The Morgan fingerprint density at radius 3 is 2.67 bits per heavy atom. The zero-order valence-electron chi connectivity index (χ0n) is 8.29. The normalized spacial score (nSPS) is 31.5.